The Morgan fingerprint density at radius 3 is 2.41 bits per heavy atom. The lowest BCUT2D eigenvalue weighted by Crippen LogP contribution is -2.43. The van der Waals surface area contributed by atoms with Crippen molar-refractivity contribution in [2.75, 3.05) is 5.32 Å². The average molecular weight is 548 g/mol. The summed E-state index contributed by atoms with van der Waals surface area (Å²) in [5, 5.41) is 24.2. The minimum Gasteiger partial charge on any atom is -0.301 e. The molecule has 37 heavy (non-hydrogen) atoms. The van der Waals surface area contributed by atoms with Crippen LogP contribution in [0.2, 0.25) is 0 Å². The van der Waals surface area contributed by atoms with Crippen LogP contribution in [0.15, 0.2) is 64.9 Å². The number of hydrogen-bond donors (Lipinski definition) is 4. The largest absolute Gasteiger partial charge is 0.301 e. The van der Waals surface area contributed by atoms with Crippen LogP contribution >= 0.6 is 11.3 Å². The number of unbranched alkanes of at least 4 members (excludes halogenated alkanes) is 2. The monoisotopic (exact) mass is 547 g/mol. The van der Waals surface area contributed by atoms with Gasteiger partial charge in [0.2, 0.25) is 21.8 Å². The molecule has 0 saturated carbocycles. The van der Waals surface area contributed by atoms with Crippen LogP contribution < -0.4 is 15.5 Å². The smallest absolute Gasteiger partial charge is 0.269 e. The Balaban J connectivity index is 1.72. The van der Waals surface area contributed by atoms with E-state index in [1.54, 1.807) is 10.9 Å². The van der Waals surface area contributed by atoms with Crippen molar-refractivity contribution in [3.05, 3.63) is 70.1 Å². The SMILES string of the molecule is O=C(CCCCC[C@H](NS(=O)(=O)c1ccc([N+](=O)[O-])cc1)C(=O)Nc1nc(-c2ccccc2)cs1)NO. The van der Waals surface area contributed by atoms with Crippen LogP contribution in [0.3, 0.4) is 0 Å². The number of carbonyl (C=O) groups is 2. The first-order valence-corrected chi connectivity index (χ1v) is 13.6. The molecule has 0 radical (unpaired) electrons. The number of thiazole rings is 1. The summed E-state index contributed by atoms with van der Waals surface area (Å²) in [6.45, 7) is 0. The lowest BCUT2D eigenvalue weighted by atomic mass is 10.1. The number of nitro groups is 1. The van der Waals surface area contributed by atoms with Crippen LogP contribution in [0.1, 0.15) is 32.1 Å². The molecule has 2 aromatic carbocycles. The maximum atomic E-state index is 13.1. The van der Waals surface area contributed by atoms with Crippen LogP contribution in [0.4, 0.5) is 10.8 Å². The van der Waals surface area contributed by atoms with Gasteiger partial charge in [0.1, 0.15) is 6.04 Å². The summed E-state index contributed by atoms with van der Waals surface area (Å²) in [5.74, 6) is -1.15. The van der Waals surface area contributed by atoms with Crippen molar-refractivity contribution in [3.63, 3.8) is 0 Å². The molecule has 196 valence electrons. The fraction of sp³-hybridized carbons (Fsp3) is 0.261. The molecule has 12 nitrogen and oxygen atoms in total. The summed E-state index contributed by atoms with van der Waals surface area (Å²) in [6.07, 6.45) is 1.56. The molecular weight excluding hydrogens is 522 g/mol. The molecule has 1 atom stereocenters. The Morgan fingerprint density at radius 1 is 1.05 bits per heavy atom. The van der Waals surface area contributed by atoms with E-state index in [9.17, 15) is 28.1 Å². The molecule has 0 fully saturated rings. The quantitative estimate of drug-likeness (QED) is 0.109. The summed E-state index contributed by atoms with van der Waals surface area (Å²) in [5.41, 5.74) is 2.80. The lowest BCUT2D eigenvalue weighted by molar-refractivity contribution is -0.384. The van der Waals surface area contributed by atoms with E-state index in [1.165, 1.54) is 11.3 Å². The van der Waals surface area contributed by atoms with E-state index in [2.05, 4.69) is 15.0 Å². The summed E-state index contributed by atoms with van der Waals surface area (Å²) < 4.78 is 28.2. The molecule has 1 heterocycles. The number of amides is 2. The maximum Gasteiger partial charge on any atom is 0.269 e. The Labute approximate surface area is 216 Å². The fourth-order valence-corrected chi connectivity index (χ4v) is 5.33. The van der Waals surface area contributed by atoms with Gasteiger partial charge in [0, 0.05) is 29.5 Å². The number of nitrogens with one attached hydrogen (secondary N) is 3. The number of nitro benzene ring substituents is 1. The molecule has 2 amide bonds. The van der Waals surface area contributed by atoms with E-state index >= 15 is 0 Å². The van der Waals surface area contributed by atoms with Gasteiger partial charge in [-0.15, -0.1) is 11.3 Å². The lowest BCUT2D eigenvalue weighted by Gasteiger charge is -2.18. The summed E-state index contributed by atoms with van der Waals surface area (Å²) in [4.78, 5) is 38.6. The molecule has 3 rings (SSSR count). The van der Waals surface area contributed by atoms with Crippen LogP contribution in [0, 0.1) is 10.1 Å². The minimum atomic E-state index is -4.18. The standard InChI is InChI=1S/C23H25N5O7S2/c29-21(26-31)10-6-2-5-9-19(27-37(34,35)18-13-11-17(12-14-18)28(32)33)22(30)25-23-24-20(15-36-23)16-7-3-1-4-8-16/h1,3-4,7-8,11-15,19,27,31H,2,5-6,9-10H2,(H,26,29)(H,24,25,30)/t19-/m0/s1. The molecule has 14 heteroatoms. The molecule has 1 aromatic heterocycles. The maximum absolute atomic E-state index is 13.1. The second kappa shape index (κ2) is 13.0. The van der Waals surface area contributed by atoms with Gasteiger partial charge in [-0.1, -0.05) is 43.2 Å². The summed E-state index contributed by atoms with van der Waals surface area (Å²) >= 11 is 1.19. The number of carbonyl (C=O) groups excluding carboxylic acids is 2. The number of hydrogen-bond acceptors (Lipinski definition) is 9. The predicted octanol–water partition coefficient (Wildman–Crippen LogP) is 3.46. The van der Waals surface area contributed by atoms with E-state index in [4.69, 9.17) is 5.21 Å². The van der Waals surface area contributed by atoms with Gasteiger partial charge >= 0.3 is 0 Å². The van der Waals surface area contributed by atoms with E-state index in [0.29, 0.717) is 30.1 Å². The first-order valence-electron chi connectivity index (χ1n) is 11.2. The van der Waals surface area contributed by atoms with Gasteiger partial charge in [-0.2, -0.15) is 4.72 Å². The molecule has 4 N–H and O–H groups in total. The number of nitrogens with zero attached hydrogens (tertiary/aromatic N) is 2. The van der Waals surface area contributed by atoms with Crippen molar-refractivity contribution in [1.82, 2.24) is 15.2 Å². The normalized spacial score (nSPS) is 12.0. The topological polar surface area (TPSA) is 181 Å². The fourth-order valence-electron chi connectivity index (χ4n) is 3.38. The number of benzene rings is 2. The predicted molar refractivity (Wildman–Crippen MR) is 136 cm³/mol. The van der Waals surface area contributed by atoms with Gasteiger partial charge < -0.3 is 5.32 Å². The van der Waals surface area contributed by atoms with Gasteiger partial charge in [-0.3, -0.25) is 24.9 Å². The van der Waals surface area contributed by atoms with Crippen molar-refractivity contribution in [2.24, 2.45) is 0 Å². The van der Waals surface area contributed by atoms with E-state index in [0.717, 1.165) is 29.8 Å². The van der Waals surface area contributed by atoms with Crippen molar-refractivity contribution >= 4 is 44.0 Å². The third-order valence-electron chi connectivity index (χ3n) is 5.30. The zero-order valence-electron chi connectivity index (χ0n) is 19.5. The first kappa shape index (κ1) is 27.9. The van der Waals surface area contributed by atoms with Crippen LogP contribution in [-0.4, -0.2) is 41.4 Å². The Hall–Kier alpha value is -3.72. The van der Waals surface area contributed by atoms with Crippen LogP contribution in [-0.2, 0) is 19.6 Å². The van der Waals surface area contributed by atoms with Crippen molar-refractivity contribution in [1.29, 1.82) is 0 Å². The molecule has 0 spiro atoms. The minimum absolute atomic E-state index is 0.0866. The van der Waals surface area contributed by atoms with Gasteiger partial charge in [0.05, 0.1) is 15.5 Å². The van der Waals surface area contributed by atoms with Crippen LogP contribution in [0.25, 0.3) is 11.3 Å². The second-order valence-electron chi connectivity index (χ2n) is 7.95. The number of hydroxylamine groups is 1. The highest BCUT2D eigenvalue weighted by Gasteiger charge is 2.27. The Kier molecular flexibility index (Phi) is 9.79. The third kappa shape index (κ3) is 8.15. The molecule has 0 aliphatic heterocycles. The number of anilines is 1. The number of rotatable bonds is 13. The molecular formula is C23H25N5O7S2. The van der Waals surface area contributed by atoms with Crippen molar-refractivity contribution in [3.8, 4) is 11.3 Å². The Morgan fingerprint density at radius 2 is 1.76 bits per heavy atom. The van der Waals surface area contributed by atoms with E-state index < -0.39 is 32.8 Å². The highest BCUT2D eigenvalue weighted by molar-refractivity contribution is 7.89. The van der Waals surface area contributed by atoms with Gasteiger partial charge in [-0.25, -0.2) is 18.9 Å². The second-order valence-corrected chi connectivity index (χ2v) is 10.5. The molecule has 0 aliphatic carbocycles. The zero-order valence-corrected chi connectivity index (χ0v) is 21.1. The number of sulfonamides is 1. The van der Waals surface area contributed by atoms with Crippen molar-refractivity contribution in [2.45, 2.75) is 43.0 Å². The van der Waals surface area contributed by atoms with Crippen LogP contribution in [0.5, 0.6) is 0 Å². The number of aromatic nitrogens is 1. The van der Waals surface area contributed by atoms with E-state index in [1.807, 2.05) is 30.3 Å². The molecule has 0 bridgehead atoms. The third-order valence-corrected chi connectivity index (χ3v) is 7.54. The van der Waals surface area contributed by atoms with Crippen molar-refractivity contribution < 1.29 is 28.1 Å². The van der Waals surface area contributed by atoms with Gasteiger partial charge in [-0.05, 0) is 25.0 Å². The molecule has 3 aromatic rings. The highest BCUT2D eigenvalue weighted by Crippen LogP contribution is 2.25. The Bertz CT molecular complexity index is 1330. The van der Waals surface area contributed by atoms with Gasteiger partial charge in [0.15, 0.2) is 5.13 Å². The number of non-ortho nitro benzene ring substituents is 1. The highest BCUT2D eigenvalue weighted by atomic mass is 32.2. The zero-order chi connectivity index (χ0) is 26.8. The molecule has 0 saturated heterocycles. The first-order chi connectivity index (χ1) is 17.7. The molecule has 0 aliphatic rings. The van der Waals surface area contributed by atoms with Gasteiger partial charge in [0.25, 0.3) is 5.69 Å². The molecule has 0 unspecified atom stereocenters. The summed E-state index contributed by atoms with van der Waals surface area (Å²) in [6, 6.07) is 12.5. The summed E-state index contributed by atoms with van der Waals surface area (Å²) in [7, 11) is -4.18. The van der Waals surface area contributed by atoms with E-state index in [-0.39, 0.29) is 23.4 Å². The average Bonchev–Trinajstić information content (AvgIpc) is 3.36.